The van der Waals surface area contributed by atoms with Gasteiger partial charge >= 0.3 is 5.97 Å². The fourth-order valence-electron chi connectivity index (χ4n) is 2.14. The van der Waals surface area contributed by atoms with Crippen LogP contribution in [0, 0.1) is 6.92 Å². The zero-order chi connectivity index (χ0) is 20.0. The number of benzene rings is 2. The lowest BCUT2D eigenvalue weighted by molar-refractivity contribution is -0.125. The smallest absolute Gasteiger partial charge is 0.337 e. The number of carbonyl (C=O) groups is 3. The van der Waals surface area contributed by atoms with Crippen molar-refractivity contribution in [1.82, 2.24) is 0 Å². The third-order valence-corrected chi connectivity index (χ3v) is 4.15. The number of halogens is 2. The summed E-state index contributed by atoms with van der Waals surface area (Å²) in [7, 11) is 0. The Balaban J connectivity index is 1.85. The van der Waals surface area contributed by atoms with Crippen LogP contribution in [0.25, 0.3) is 0 Å². The highest BCUT2D eigenvalue weighted by Gasteiger charge is 2.14. The van der Waals surface area contributed by atoms with Gasteiger partial charge in [0.15, 0.2) is 0 Å². The minimum absolute atomic E-state index is 0.0923. The van der Waals surface area contributed by atoms with Crippen LogP contribution in [-0.2, 0) is 14.3 Å². The number of carbonyl (C=O) groups excluding carboxylic acids is 2. The minimum Gasteiger partial charge on any atom is -0.478 e. The van der Waals surface area contributed by atoms with E-state index in [1.807, 2.05) is 19.1 Å². The van der Waals surface area contributed by atoms with Crippen LogP contribution >= 0.6 is 27.5 Å². The van der Waals surface area contributed by atoms with Crippen LogP contribution in [0.1, 0.15) is 15.9 Å². The van der Waals surface area contributed by atoms with Crippen LogP contribution in [0.4, 0.5) is 11.4 Å². The van der Waals surface area contributed by atoms with E-state index in [-0.39, 0.29) is 22.9 Å². The van der Waals surface area contributed by atoms with Crippen LogP contribution < -0.4 is 10.6 Å². The van der Waals surface area contributed by atoms with E-state index in [1.165, 1.54) is 18.2 Å². The molecule has 0 saturated carbocycles. The summed E-state index contributed by atoms with van der Waals surface area (Å²) in [6.45, 7) is 1.11. The van der Waals surface area contributed by atoms with E-state index in [0.29, 0.717) is 5.69 Å². The van der Waals surface area contributed by atoms with E-state index in [2.05, 4.69) is 26.6 Å². The molecular formula is C18H16BrClN2O5. The fraction of sp³-hybridized carbons (Fsp3) is 0.167. The van der Waals surface area contributed by atoms with Gasteiger partial charge in [-0.05, 0) is 42.8 Å². The molecule has 0 heterocycles. The highest BCUT2D eigenvalue weighted by atomic mass is 79.9. The number of amides is 2. The fourth-order valence-corrected chi connectivity index (χ4v) is 2.67. The third kappa shape index (κ3) is 6.35. The lowest BCUT2D eigenvalue weighted by Crippen LogP contribution is -2.24. The summed E-state index contributed by atoms with van der Waals surface area (Å²) < 4.78 is 5.91. The quantitative estimate of drug-likeness (QED) is 0.590. The van der Waals surface area contributed by atoms with Gasteiger partial charge in [0.1, 0.15) is 13.2 Å². The Bertz CT molecular complexity index is 888. The summed E-state index contributed by atoms with van der Waals surface area (Å²) in [6, 6.07) is 9.53. The number of ether oxygens (including phenoxy) is 1. The molecule has 0 aliphatic heterocycles. The molecule has 2 amide bonds. The Kier molecular flexibility index (Phi) is 7.35. The lowest BCUT2D eigenvalue weighted by Gasteiger charge is -2.10. The van der Waals surface area contributed by atoms with E-state index in [0.717, 1.165) is 10.0 Å². The monoisotopic (exact) mass is 454 g/mol. The van der Waals surface area contributed by atoms with Gasteiger partial charge < -0.3 is 20.5 Å². The second-order valence-electron chi connectivity index (χ2n) is 5.54. The van der Waals surface area contributed by atoms with Crippen LogP contribution in [0.15, 0.2) is 40.9 Å². The number of hydrogen-bond donors (Lipinski definition) is 3. The van der Waals surface area contributed by atoms with Crippen molar-refractivity contribution in [2.24, 2.45) is 0 Å². The number of aryl methyl sites for hydroxylation is 1. The number of hydrogen-bond acceptors (Lipinski definition) is 4. The molecule has 0 aromatic heterocycles. The number of carboxylic acids is 1. The zero-order valence-corrected chi connectivity index (χ0v) is 16.6. The Morgan fingerprint density at radius 2 is 1.67 bits per heavy atom. The van der Waals surface area contributed by atoms with Crippen LogP contribution in [0.2, 0.25) is 5.02 Å². The molecule has 3 N–H and O–H groups in total. The summed E-state index contributed by atoms with van der Waals surface area (Å²) >= 11 is 9.08. The van der Waals surface area contributed by atoms with Crippen molar-refractivity contribution in [3.05, 3.63) is 57.0 Å². The molecule has 0 unspecified atom stereocenters. The second-order valence-corrected chi connectivity index (χ2v) is 6.90. The average Bonchev–Trinajstić information content (AvgIpc) is 2.59. The van der Waals surface area contributed by atoms with Crippen molar-refractivity contribution < 1.29 is 24.2 Å². The van der Waals surface area contributed by atoms with Crippen LogP contribution in [0.5, 0.6) is 0 Å². The maximum Gasteiger partial charge on any atom is 0.337 e. The predicted octanol–water partition coefficient (Wildman–Crippen LogP) is 3.70. The molecule has 0 aliphatic rings. The molecule has 27 heavy (non-hydrogen) atoms. The zero-order valence-electron chi connectivity index (χ0n) is 14.2. The van der Waals surface area contributed by atoms with Gasteiger partial charge in [-0.25, -0.2) is 4.79 Å². The highest BCUT2D eigenvalue weighted by Crippen LogP contribution is 2.21. The average molecular weight is 456 g/mol. The standard InChI is InChI=1S/C18H16BrClN2O5/c1-10-2-3-11(19)6-15(10)22-17(24)9-27-8-16(23)21-14-5-4-12(20)7-13(14)18(25)26/h2-7H,8-9H2,1H3,(H,21,23)(H,22,24)(H,25,26). The Labute approximate surface area is 168 Å². The number of anilines is 2. The van der Waals surface area contributed by atoms with Crippen molar-refractivity contribution in [3.63, 3.8) is 0 Å². The van der Waals surface area contributed by atoms with Crippen LogP contribution in [0.3, 0.4) is 0 Å². The third-order valence-electron chi connectivity index (χ3n) is 3.43. The minimum atomic E-state index is -1.22. The second kappa shape index (κ2) is 9.50. The first kappa shape index (κ1) is 20.9. The van der Waals surface area contributed by atoms with Gasteiger partial charge in [0, 0.05) is 15.2 Å². The predicted molar refractivity (Wildman–Crippen MR) is 105 cm³/mol. The molecule has 7 nitrogen and oxygen atoms in total. The first-order valence-corrected chi connectivity index (χ1v) is 8.90. The molecule has 2 rings (SSSR count). The summed E-state index contributed by atoms with van der Waals surface area (Å²) in [6.07, 6.45) is 0. The maximum absolute atomic E-state index is 11.9. The normalized spacial score (nSPS) is 10.3. The van der Waals surface area contributed by atoms with Crippen molar-refractivity contribution in [2.45, 2.75) is 6.92 Å². The largest absolute Gasteiger partial charge is 0.478 e. The molecule has 0 saturated heterocycles. The molecule has 0 bridgehead atoms. The molecule has 0 aliphatic carbocycles. The first-order valence-electron chi connectivity index (χ1n) is 7.72. The van der Waals surface area contributed by atoms with Gasteiger partial charge in [0.05, 0.1) is 11.3 Å². The Hall–Kier alpha value is -2.42. The molecule has 0 radical (unpaired) electrons. The molecule has 0 atom stereocenters. The van der Waals surface area contributed by atoms with Crippen molar-refractivity contribution in [2.75, 3.05) is 23.8 Å². The van der Waals surface area contributed by atoms with Gasteiger partial charge in [-0.3, -0.25) is 9.59 Å². The first-order chi connectivity index (χ1) is 12.8. The number of carboxylic acid groups (broad SMARTS) is 1. The topological polar surface area (TPSA) is 105 Å². The van der Waals surface area contributed by atoms with E-state index in [1.54, 1.807) is 6.07 Å². The Morgan fingerprint density at radius 1 is 1.04 bits per heavy atom. The van der Waals surface area contributed by atoms with Crippen molar-refractivity contribution in [1.29, 1.82) is 0 Å². The Morgan fingerprint density at radius 3 is 2.30 bits per heavy atom. The van der Waals surface area contributed by atoms with Crippen LogP contribution in [-0.4, -0.2) is 36.1 Å². The van der Waals surface area contributed by atoms with Crippen molar-refractivity contribution >= 4 is 56.7 Å². The van der Waals surface area contributed by atoms with Gasteiger partial charge in [-0.15, -0.1) is 0 Å². The maximum atomic E-state index is 11.9. The molecule has 0 spiro atoms. The van der Waals surface area contributed by atoms with E-state index in [9.17, 15) is 14.4 Å². The highest BCUT2D eigenvalue weighted by molar-refractivity contribution is 9.10. The summed E-state index contributed by atoms with van der Waals surface area (Å²) in [5, 5.41) is 14.5. The van der Waals surface area contributed by atoms with Gasteiger partial charge in [-0.1, -0.05) is 33.6 Å². The molecule has 2 aromatic carbocycles. The van der Waals surface area contributed by atoms with E-state index < -0.39 is 24.4 Å². The van der Waals surface area contributed by atoms with Gasteiger partial charge in [-0.2, -0.15) is 0 Å². The molecule has 9 heteroatoms. The molecule has 0 fully saturated rings. The van der Waals surface area contributed by atoms with Gasteiger partial charge in [0.25, 0.3) is 0 Å². The number of nitrogens with one attached hydrogen (secondary N) is 2. The van der Waals surface area contributed by atoms with E-state index in [4.69, 9.17) is 21.4 Å². The summed E-state index contributed by atoms with van der Waals surface area (Å²) in [5.74, 6) is -2.23. The number of rotatable bonds is 7. The van der Waals surface area contributed by atoms with Crippen molar-refractivity contribution in [3.8, 4) is 0 Å². The summed E-state index contributed by atoms with van der Waals surface area (Å²) in [4.78, 5) is 35.0. The molecule has 142 valence electrons. The SMILES string of the molecule is Cc1ccc(Br)cc1NC(=O)COCC(=O)Nc1ccc(Cl)cc1C(=O)O. The number of aromatic carboxylic acids is 1. The lowest BCUT2D eigenvalue weighted by atomic mass is 10.2. The van der Waals surface area contributed by atoms with E-state index >= 15 is 0 Å². The molecule has 2 aromatic rings. The summed E-state index contributed by atoms with van der Waals surface area (Å²) in [5.41, 5.74) is 1.47. The molecular weight excluding hydrogens is 440 g/mol. The van der Waals surface area contributed by atoms with Gasteiger partial charge in [0.2, 0.25) is 11.8 Å².